The van der Waals surface area contributed by atoms with E-state index in [4.69, 9.17) is 17.3 Å². The van der Waals surface area contributed by atoms with Gasteiger partial charge in [-0.3, -0.25) is 4.79 Å². The first-order valence-electron chi connectivity index (χ1n) is 5.81. The van der Waals surface area contributed by atoms with Crippen molar-refractivity contribution in [2.24, 2.45) is 5.73 Å². The number of hydrogen-bond acceptors (Lipinski definition) is 3. The van der Waals surface area contributed by atoms with E-state index in [0.717, 1.165) is 5.56 Å². The molecule has 3 N–H and O–H groups in total. The Bertz CT molecular complexity index is 613. The Labute approximate surface area is 116 Å². The fourth-order valence-electron chi connectivity index (χ4n) is 1.79. The lowest BCUT2D eigenvalue weighted by Gasteiger charge is -2.10. The SMILES string of the molecule is Cc1cccc(CNc2cc(Cl)ncc2C(N)=O)c1. The van der Waals surface area contributed by atoms with Gasteiger partial charge in [-0.25, -0.2) is 4.98 Å². The number of rotatable bonds is 4. The molecule has 0 atom stereocenters. The number of nitrogens with one attached hydrogen (secondary N) is 1. The second-order valence-corrected chi connectivity index (χ2v) is 4.65. The molecule has 5 heteroatoms. The number of halogens is 1. The van der Waals surface area contributed by atoms with Crippen LogP contribution < -0.4 is 11.1 Å². The van der Waals surface area contributed by atoms with Gasteiger partial charge in [0.05, 0.1) is 11.3 Å². The Morgan fingerprint density at radius 2 is 2.21 bits per heavy atom. The number of nitrogens with zero attached hydrogens (tertiary/aromatic N) is 1. The summed E-state index contributed by atoms with van der Waals surface area (Å²) >= 11 is 5.83. The molecule has 0 saturated carbocycles. The topological polar surface area (TPSA) is 68.0 Å². The number of primary amides is 1. The number of benzene rings is 1. The standard InChI is InChI=1S/C14H14ClN3O/c1-9-3-2-4-10(5-9)7-17-12-6-13(15)18-8-11(12)14(16)19/h2-6,8H,7H2,1H3,(H2,16,19)(H,17,18). The zero-order valence-corrected chi connectivity index (χ0v) is 11.2. The highest BCUT2D eigenvalue weighted by atomic mass is 35.5. The summed E-state index contributed by atoms with van der Waals surface area (Å²) in [5.41, 5.74) is 8.51. The first-order chi connectivity index (χ1) is 9.06. The second-order valence-electron chi connectivity index (χ2n) is 4.26. The Hall–Kier alpha value is -2.07. The van der Waals surface area contributed by atoms with Crippen LogP contribution in [0.1, 0.15) is 21.5 Å². The van der Waals surface area contributed by atoms with Crippen LogP contribution in [0.25, 0.3) is 0 Å². The van der Waals surface area contributed by atoms with Gasteiger partial charge >= 0.3 is 0 Å². The molecule has 0 aliphatic heterocycles. The summed E-state index contributed by atoms with van der Waals surface area (Å²) in [7, 11) is 0. The zero-order chi connectivity index (χ0) is 13.8. The van der Waals surface area contributed by atoms with Gasteiger partial charge < -0.3 is 11.1 Å². The molecule has 1 amide bonds. The minimum Gasteiger partial charge on any atom is -0.380 e. The molecule has 1 aromatic carbocycles. The van der Waals surface area contributed by atoms with Gasteiger partial charge in [-0.2, -0.15) is 0 Å². The van der Waals surface area contributed by atoms with E-state index in [1.165, 1.54) is 11.8 Å². The lowest BCUT2D eigenvalue weighted by molar-refractivity contribution is 0.100. The van der Waals surface area contributed by atoms with Crippen molar-refractivity contribution in [3.05, 3.63) is 58.4 Å². The van der Waals surface area contributed by atoms with Crippen LogP contribution in [0.5, 0.6) is 0 Å². The average Bonchev–Trinajstić information content (AvgIpc) is 2.36. The molecule has 0 unspecified atom stereocenters. The van der Waals surface area contributed by atoms with Gasteiger partial charge in [0.15, 0.2) is 0 Å². The largest absolute Gasteiger partial charge is 0.380 e. The summed E-state index contributed by atoms with van der Waals surface area (Å²) < 4.78 is 0. The molecule has 0 spiro atoms. The molecular weight excluding hydrogens is 262 g/mol. The molecule has 0 radical (unpaired) electrons. The number of amides is 1. The maximum absolute atomic E-state index is 11.3. The Balaban J connectivity index is 2.19. The van der Waals surface area contributed by atoms with Crippen molar-refractivity contribution in [2.45, 2.75) is 13.5 Å². The summed E-state index contributed by atoms with van der Waals surface area (Å²) in [5, 5.41) is 3.47. The van der Waals surface area contributed by atoms with Gasteiger partial charge in [0.1, 0.15) is 5.15 Å². The van der Waals surface area contributed by atoms with Gasteiger partial charge in [0.2, 0.25) is 0 Å². The first-order valence-corrected chi connectivity index (χ1v) is 6.19. The highest BCUT2D eigenvalue weighted by Crippen LogP contribution is 2.19. The van der Waals surface area contributed by atoms with Gasteiger partial charge in [0, 0.05) is 12.7 Å². The smallest absolute Gasteiger partial charge is 0.252 e. The zero-order valence-electron chi connectivity index (χ0n) is 10.5. The van der Waals surface area contributed by atoms with Crippen molar-refractivity contribution >= 4 is 23.2 Å². The van der Waals surface area contributed by atoms with Crippen LogP contribution in [0.3, 0.4) is 0 Å². The van der Waals surface area contributed by atoms with Crippen molar-refractivity contribution < 1.29 is 4.79 Å². The molecule has 2 rings (SSSR count). The molecule has 0 aliphatic carbocycles. The molecular formula is C14H14ClN3O. The molecule has 0 bridgehead atoms. The number of aryl methyl sites for hydroxylation is 1. The second kappa shape index (κ2) is 5.71. The van der Waals surface area contributed by atoms with Crippen LogP contribution in [0.15, 0.2) is 36.5 Å². The highest BCUT2D eigenvalue weighted by molar-refractivity contribution is 6.29. The van der Waals surface area contributed by atoms with Gasteiger partial charge in [0.25, 0.3) is 5.91 Å². The molecule has 1 aromatic heterocycles. The third-order valence-electron chi connectivity index (χ3n) is 2.70. The third-order valence-corrected chi connectivity index (χ3v) is 2.91. The van der Waals surface area contributed by atoms with Crippen LogP contribution in [0.4, 0.5) is 5.69 Å². The van der Waals surface area contributed by atoms with Gasteiger partial charge in [-0.05, 0) is 18.6 Å². The van der Waals surface area contributed by atoms with E-state index in [-0.39, 0.29) is 0 Å². The van der Waals surface area contributed by atoms with Crippen molar-refractivity contribution in [3.63, 3.8) is 0 Å². The Kier molecular flexibility index (Phi) is 4.02. The van der Waals surface area contributed by atoms with E-state index in [1.807, 2.05) is 25.1 Å². The van der Waals surface area contributed by atoms with E-state index in [0.29, 0.717) is 22.9 Å². The van der Waals surface area contributed by atoms with Crippen LogP contribution in [-0.4, -0.2) is 10.9 Å². The molecule has 0 fully saturated rings. The van der Waals surface area contributed by atoms with E-state index in [1.54, 1.807) is 6.07 Å². The number of aromatic nitrogens is 1. The quantitative estimate of drug-likeness (QED) is 0.843. The number of anilines is 1. The Morgan fingerprint density at radius 3 is 2.89 bits per heavy atom. The van der Waals surface area contributed by atoms with Crippen LogP contribution in [0, 0.1) is 6.92 Å². The summed E-state index contributed by atoms with van der Waals surface area (Å²) in [4.78, 5) is 15.2. The predicted molar refractivity (Wildman–Crippen MR) is 76.3 cm³/mol. The number of carbonyl (C=O) groups excluding carboxylic acids is 1. The molecule has 0 saturated heterocycles. The first kappa shape index (κ1) is 13.4. The summed E-state index contributed by atoms with van der Waals surface area (Å²) in [6.45, 7) is 2.62. The lowest BCUT2D eigenvalue weighted by atomic mass is 10.1. The van der Waals surface area contributed by atoms with E-state index < -0.39 is 5.91 Å². The van der Waals surface area contributed by atoms with Crippen molar-refractivity contribution in [1.29, 1.82) is 0 Å². The van der Waals surface area contributed by atoms with E-state index in [2.05, 4.69) is 16.4 Å². The van der Waals surface area contributed by atoms with Gasteiger partial charge in [-0.1, -0.05) is 41.4 Å². The molecule has 1 heterocycles. The normalized spacial score (nSPS) is 10.2. The Morgan fingerprint density at radius 1 is 1.42 bits per heavy atom. The van der Waals surface area contributed by atoms with Crippen LogP contribution in [-0.2, 0) is 6.54 Å². The minimum atomic E-state index is -0.532. The van der Waals surface area contributed by atoms with E-state index in [9.17, 15) is 4.79 Å². The fourth-order valence-corrected chi connectivity index (χ4v) is 1.95. The number of carbonyl (C=O) groups is 1. The van der Waals surface area contributed by atoms with Gasteiger partial charge in [-0.15, -0.1) is 0 Å². The molecule has 2 aromatic rings. The summed E-state index contributed by atoms with van der Waals surface area (Å²) in [6.07, 6.45) is 1.38. The fraction of sp³-hybridized carbons (Fsp3) is 0.143. The third kappa shape index (κ3) is 3.45. The predicted octanol–water partition coefficient (Wildman–Crippen LogP) is 2.75. The summed E-state index contributed by atoms with van der Waals surface area (Å²) in [6, 6.07) is 9.69. The summed E-state index contributed by atoms with van der Waals surface area (Å²) in [5.74, 6) is -0.532. The van der Waals surface area contributed by atoms with Crippen LogP contribution >= 0.6 is 11.6 Å². The van der Waals surface area contributed by atoms with Crippen LogP contribution in [0.2, 0.25) is 5.15 Å². The highest BCUT2D eigenvalue weighted by Gasteiger charge is 2.09. The maximum Gasteiger partial charge on any atom is 0.252 e. The number of nitrogens with two attached hydrogens (primary N) is 1. The monoisotopic (exact) mass is 275 g/mol. The van der Waals surface area contributed by atoms with Crippen molar-refractivity contribution in [3.8, 4) is 0 Å². The molecule has 4 nitrogen and oxygen atoms in total. The minimum absolute atomic E-state index is 0.316. The number of pyridine rings is 1. The molecule has 98 valence electrons. The maximum atomic E-state index is 11.3. The lowest BCUT2D eigenvalue weighted by Crippen LogP contribution is -2.15. The van der Waals surface area contributed by atoms with Crippen molar-refractivity contribution in [1.82, 2.24) is 4.98 Å². The number of hydrogen-bond donors (Lipinski definition) is 2. The van der Waals surface area contributed by atoms with E-state index >= 15 is 0 Å². The average molecular weight is 276 g/mol. The molecule has 19 heavy (non-hydrogen) atoms. The van der Waals surface area contributed by atoms with Crippen molar-refractivity contribution in [2.75, 3.05) is 5.32 Å². The molecule has 0 aliphatic rings.